The molecule has 0 aliphatic carbocycles. The Bertz CT molecular complexity index is 197. The van der Waals surface area contributed by atoms with Crippen molar-refractivity contribution in [2.75, 3.05) is 6.61 Å². The smallest absolute Gasteiger partial charge is 0.315 e. The Labute approximate surface area is 85.8 Å². The number of carbonyl (C=O) groups is 1. The summed E-state index contributed by atoms with van der Waals surface area (Å²) in [6, 6.07) is 0. The van der Waals surface area contributed by atoms with E-state index in [0.29, 0.717) is 6.61 Å². The van der Waals surface area contributed by atoms with E-state index in [2.05, 4.69) is 0 Å². The molecule has 14 heavy (non-hydrogen) atoms. The molecule has 3 nitrogen and oxygen atoms in total. The van der Waals surface area contributed by atoms with E-state index in [1.54, 1.807) is 19.1 Å². The second-order valence-corrected chi connectivity index (χ2v) is 3.54. The zero-order chi connectivity index (χ0) is 11.1. The van der Waals surface area contributed by atoms with Crippen LogP contribution >= 0.6 is 0 Å². The Hall–Kier alpha value is -0.830. The number of aliphatic hydroxyl groups excluding tert-OH is 1. The number of ether oxygens (including phenoxy) is 1. The van der Waals surface area contributed by atoms with E-state index in [4.69, 9.17) is 4.74 Å². The van der Waals surface area contributed by atoms with Gasteiger partial charge in [-0.25, -0.2) is 0 Å². The molecule has 2 unspecified atom stereocenters. The van der Waals surface area contributed by atoms with Gasteiger partial charge in [-0.1, -0.05) is 26.0 Å². The summed E-state index contributed by atoms with van der Waals surface area (Å²) < 4.78 is 4.88. The molecule has 1 N–H and O–H groups in total. The van der Waals surface area contributed by atoms with E-state index in [1.807, 2.05) is 20.8 Å². The van der Waals surface area contributed by atoms with Crippen molar-refractivity contribution in [3.63, 3.8) is 0 Å². The topological polar surface area (TPSA) is 46.5 Å². The monoisotopic (exact) mass is 200 g/mol. The van der Waals surface area contributed by atoms with E-state index in [-0.39, 0.29) is 11.9 Å². The molecule has 0 spiro atoms. The summed E-state index contributed by atoms with van der Waals surface area (Å²) in [5, 5.41) is 9.76. The lowest BCUT2D eigenvalue weighted by Crippen LogP contribution is -2.32. The van der Waals surface area contributed by atoms with Gasteiger partial charge in [-0.3, -0.25) is 4.79 Å². The van der Waals surface area contributed by atoms with Gasteiger partial charge < -0.3 is 9.84 Å². The minimum Gasteiger partial charge on any atom is -0.465 e. The fraction of sp³-hybridized carbons (Fsp3) is 0.727. The Kier molecular flexibility index (Phi) is 6.21. The van der Waals surface area contributed by atoms with Crippen molar-refractivity contribution in [1.29, 1.82) is 0 Å². The number of hydrogen-bond acceptors (Lipinski definition) is 3. The molecule has 0 saturated heterocycles. The SMILES string of the molecule is C/C=C\C(C(=O)OCC)C(O)C(C)C. The molecule has 0 aliphatic rings. The maximum atomic E-state index is 11.4. The molecule has 0 aromatic rings. The number of esters is 1. The minimum absolute atomic E-state index is 0.0422. The molecular formula is C11H20O3. The minimum atomic E-state index is -0.676. The van der Waals surface area contributed by atoms with Gasteiger partial charge >= 0.3 is 5.97 Å². The number of allylic oxidation sites excluding steroid dienone is 1. The summed E-state index contributed by atoms with van der Waals surface area (Å²) in [5.41, 5.74) is 0. The second-order valence-electron chi connectivity index (χ2n) is 3.54. The predicted octanol–water partition coefficient (Wildman–Crippen LogP) is 1.76. The summed E-state index contributed by atoms with van der Waals surface area (Å²) in [6.07, 6.45) is 2.76. The molecule has 0 bridgehead atoms. The first-order valence-corrected chi connectivity index (χ1v) is 5.02. The van der Waals surface area contributed by atoms with Crippen LogP contribution in [0.15, 0.2) is 12.2 Å². The number of hydrogen-bond donors (Lipinski definition) is 1. The van der Waals surface area contributed by atoms with Gasteiger partial charge in [-0.05, 0) is 19.8 Å². The summed E-state index contributed by atoms with van der Waals surface area (Å²) in [4.78, 5) is 11.4. The molecule has 0 saturated carbocycles. The van der Waals surface area contributed by atoms with Gasteiger partial charge in [-0.15, -0.1) is 0 Å². The van der Waals surface area contributed by atoms with Crippen molar-refractivity contribution < 1.29 is 14.6 Å². The van der Waals surface area contributed by atoms with E-state index in [1.165, 1.54) is 0 Å². The zero-order valence-corrected chi connectivity index (χ0v) is 9.36. The van der Waals surface area contributed by atoms with Crippen molar-refractivity contribution in [2.45, 2.75) is 33.8 Å². The third kappa shape index (κ3) is 3.92. The first-order chi connectivity index (χ1) is 6.54. The molecule has 0 amide bonds. The lowest BCUT2D eigenvalue weighted by atomic mass is 9.93. The molecule has 0 aromatic heterocycles. The van der Waals surface area contributed by atoms with Crippen LogP contribution in [0.4, 0.5) is 0 Å². The van der Waals surface area contributed by atoms with E-state index in [0.717, 1.165) is 0 Å². The van der Waals surface area contributed by atoms with E-state index >= 15 is 0 Å². The molecule has 0 aliphatic heterocycles. The van der Waals surface area contributed by atoms with Crippen LogP contribution in [0.5, 0.6) is 0 Å². The maximum absolute atomic E-state index is 11.4. The predicted molar refractivity (Wildman–Crippen MR) is 55.8 cm³/mol. The van der Waals surface area contributed by atoms with Crippen LogP contribution in [0.3, 0.4) is 0 Å². The molecule has 2 atom stereocenters. The molecule has 0 aromatic carbocycles. The lowest BCUT2D eigenvalue weighted by molar-refractivity contribution is -0.150. The highest BCUT2D eigenvalue weighted by Gasteiger charge is 2.27. The van der Waals surface area contributed by atoms with Crippen LogP contribution < -0.4 is 0 Å². The Morgan fingerprint density at radius 3 is 2.43 bits per heavy atom. The Balaban J connectivity index is 4.50. The van der Waals surface area contributed by atoms with Gasteiger partial charge in [0.25, 0.3) is 0 Å². The number of rotatable bonds is 5. The van der Waals surface area contributed by atoms with Gasteiger partial charge in [0.2, 0.25) is 0 Å². The summed E-state index contributed by atoms with van der Waals surface area (Å²) in [7, 11) is 0. The second kappa shape index (κ2) is 6.60. The highest BCUT2D eigenvalue weighted by Crippen LogP contribution is 2.16. The molecule has 0 heterocycles. The summed E-state index contributed by atoms with van der Waals surface area (Å²) in [6.45, 7) is 7.67. The maximum Gasteiger partial charge on any atom is 0.315 e. The molecule has 0 rings (SSSR count). The van der Waals surface area contributed by atoms with Crippen LogP contribution in [0.1, 0.15) is 27.7 Å². The first-order valence-electron chi connectivity index (χ1n) is 5.02. The van der Waals surface area contributed by atoms with Gasteiger partial charge in [-0.2, -0.15) is 0 Å². The first kappa shape index (κ1) is 13.2. The van der Waals surface area contributed by atoms with Gasteiger partial charge in [0, 0.05) is 0 Å². The quantitative estimate of drug-likeness (QED) is 0.543. The highest BCUT2D eigenvalue weighted by molar-refractivity contribution is 5.75. The van der Waals surface area contributed by atoms with Crippen LogP contribution in [0, 0.1) is 11.8 Å². The zero-order valence-electron chi connectivity index (χ0n) is 9.36. The number of aliphatic hydroxyl groups is 1. The fourth-order valence-electron chi connectivity index (χ4n) is 1.19. The lowest BCUT2D eigenvalue weighted by Gasteiger charge is -2.21. The standard InChI is InChI=1S/C11H20O3/c1-5-7-9(10(12)8(3)4)11(13)14-6-2/h5,7-10,12H,6H2,1-4H3/b7-5-. The van der Waals surface area contributed by atoms with Gasteiger partial charge in [0.1, 0.15) is 5.92 Å². The van der Waals surface area contributed by atoms with Crippen LogP contribution in [0.25, 0.3) is 0 Å². The van der Waals surface area contributed by atoms with Crippen LogP contribution in [-0.2, 0) is 9.53 Å². The van der Waals surface area contributed by atoms with Crippen LogP contribution in [0.2, 0.25) is 0 Å². The molecule has 0 radical (unpaired) electrons. The fourth-order valence-corrected chi connectivity index (χ4v) is 1.19. The van der Waals surface area contributed by atoms with Gasteiger partial charge in [0.05, 0.1) is 12.7 Å². The molecule has 3 heteroatoms. The van der Waals surface area contributed by atoms with Gasteiger partial charge in [0.15, 0.2) is 0 Å². The van der Waals surface area contributed by atoms with Crippen molar-refractivity contribution in [1.82, 2.24) is 0 Å². The average molecular weight is 200 g/mol. The van der Waals surface area contributed by atoms with Crippen molar-refractivity contribution in [3.8, 4) is 0 Å². The summed E-state index contributed by atoms with van der Waals surface area (Å²) >= 11 is 0. The largest absolute Gasteiger partial charge is 0.465 e. The molecular weight excluding hydrogens is 180 g/mol. The molecule has 82 valence electrons. The van der Waals surface area contributed by atoms with Crippen LogP contribution in [-0.4, -0.2) is 23.8 Å². The third-order valence-electron chi connectivity index (χ3n) is 2.01. The summed E-state index contributed by atoms with van der Waals surface area (Å²) in [5.74, 6) is -0.854. The highest BCUT2D eigenvalue weighted by atomic mass is 16.5. The van der Waals surface area contributed by atoms with Crippen molar-refractivity contribution >= 4 is 5.97 Å². The number of carbonyl (C=O) groups excluding carboxylic acids is 1. The Morgan fingerprint density at radius 1 is 1.50 bits per heavy atom. The normalized spacial score (nSPS) is 15.9. The van der Waals surface area contributed by atoms with Crippen molar-refractivity contribution in [3.05, 3.63) is 12.2 Å². The van der Waals surface area contributed by atoms with Crippen molar-refractivity contribution in [2.24, 2.45) is 11.8 Å². The van der Waals surface area contributed by atoms with E-state index < -0.39 is 12.0 Å². The third-order valence-corrected chi connectivity index (χ3v) is 2.01. The molecule has 0 fully saturated rings. The van der Waals surface area contributed by atoms with E-state index in [9.17, 15) is 9.90 Å². The Morgan fingerprint density at radius 2 is 2.07 bits per heavy atom. The average Bonchev–Trinajstić information content (AvgIpc) is 2.13.